The minimum atomic E-state index is -0.605. The molecular weight excluding hydrogens is 168 g/mol. The van der Waals surface area contributed by atoms with E-state index >= 15 is 0 Å². The van der Waals surface area contributed by atoms with Gasteiger partial charge in [-0.2, -0.15) is 0 Å². The van der Waals surface area contributed by atoms with Crippen LogP contribution >= 0.6 is 0 Å². The van der Waals surface area contributed by atoms with Crippen LogP contribution in [0.15, 0.2) is 18.3 Å². The van der Waals surface area contributed by atoms with Crippen LogP contribution in [0.2, 0.25) is 0 Å². The third kappa shape index (κ3) is 2.61. The number of nitrogens with zero attached hydrogens (tertiary/aromatic N) is 1. The first-order valence-electron chi connectivity index (χ1n) is 4.07. The van der Waals surface area contributed by atoms with Crippen molar-refractivity contribution in [3.63, 3.8) is 0 Å². The topological polar surface area (TPSA) is 76.2 Å². The zero-order chi connectivity index (χ0) is 9.68. The standard InChI is InChI=1S/C9H12N2O2/c10-3-1-9(13)7-2-4-11-8(5-7)6-12/h2,4-6,9,13H,1,3,10H2. The second-order valence-corrected chi connectivity index (χ2v) is 2.73. The van der Waals surface area contributed by atoms with Gasteiger partial charge in [0.25, 0.3) is 0 Å². The maximum absolute atomic E-state index is 10.4. The molecule has 4 nitrogen and oxygen atoms in total. The average Bonchev–Trinajstić information content (AvgIpc) is 2.18. The Morgan fingerprint density at radius 1 is 1.69 bits per heavy atom. The summed E-state index contributed by atoms with van der Waals surface area (Å²) in [6.07, 6.45) is 2.03. The van der Waals surface area contributed by atoms with E-state index in [1.54, 1.807) is 12.1 Å². The number of hydrogen-bond acceptors (Lipinski definition) is 4. The number of nitrogens with two attached hydrogens (primary N) is 1. The van der Waals surface area contributed by atoms with Gasteiger partial charge in [-0.1, -0.05) is 0 Å². The van der Waals surface area contributed by atoms with Crippen molar-refractivity contribution in [3.05, 3.63) is 29.6 Å². The lowest BCUT2D eigenvalue weighted by atomic mass is 10.1. The van der Waals surface area contributed by atoms with Gasteiger partial charge in [-0.15, -0.1) is 0 Å². The van der Waals surface area contributed by atoms with Crippen molar-refractivity contribution < 1.29 is 9.90 Å². The molecule has 3 N–H and O–H groups in total. The molecule has 1 heterocycles. The van der Waals surface area contributed by atoms with E-state index in [0.717, 1.165) is 0 Å². The van der Waals surface area contributed by atoms with E-state index in [2.05, 4.69) is 4.98 Å². The minimum Gasteiger partial charge on any atom is -0.388 e. The van der Waals surface area contributed by atoms with Gasteiger partial charge in [0, 0.05) is 6.20 Å². The summed E-state index contributed by atoms with van der Waals surface area (Å²) in [7, 11) is 0. The van der Waals surface area contributed by atoms with Gasteiger partial charge >= 0.3 is 0 Å². The highest BCUT2D eigenvalue weighted by atomic mass is 16.3. The Hall–Kier alpha value is -1.26. The summed E-state index contributed by atoms with van der Waals surface area (Å²) in [5.41, 5.74) is 6.30. The third-order valence-corrected chi connectivity index (χ3v) is 1.75. The predicted octanol–water partition coefficient (Wildman–Crippen LogP) is 0.276. The number of aliphatic hydroxyl groups is 1. The number of aldehydes is 1. The van der Waals surface area contributed by atoms with Crippen LogP contribution in [0.4, 0.5) is 0 Å². The summed E-state index contributed by atoms with van der Waals surface area (Å²) in [6, 6.07) is 3.24. The highest BCUT2D eigenvalue weighted by molar-refractivity contribution is 5.71. The third-order valence-electron chi connectivity index (χ3n) is 1.75. The van der Waals surface area contributed by atoms with Crippen LogP contribution in [-0.4, -0.2) is 22.9 Å². The first kappa shape index (κ1) is 9.83. The number of carbonyl (C=O) groups is 1. The maximum atomic E-state index is 10.4. The first-order chi connectivity index (χ1) is 6.27. The van der Waals surface area contributed by atoms with E-state index in [0.29, 0.717) is 30.5 Å². The normalized spacial score (nSPS) is 12.5. The maximum Gasteiger partial charge on any atom is 0.168 e. The zero-order valence-corrected chi connectivity index (χ0v) is 7.18. The molecule has 0 amide bonds. The lowest BCUT2D eigenvalue weighted by Crippen LogP contribution is -2.07. The van der Waals surface area contributed by atoms with E-state index in [1.165, 1.54) is 6.20 Å². The van der Waals surface area contributed by atoms with Gasteiger partial charge in [-0.25, -0.2) is 0 Å². The van der Waals surface area contributed by atoms with Crippen molar-refractivity contribution in [1.82, 2.24) is 4.98 Å². The number of aliphatic hydroxyl groups excluding tert-OH is 1. The molecule has 13 heavy (non-hydrogen) atoms. The summed E-state index contributed by atoms with van der Waals surface area (Å²) >= 11 is 0. The van der Waals surface area contributed by atoms with Crippen LogP contribution in [-0.2, 0) is 0 Å². The highest BCUT2D eigenvalue weighted by Crippen LogP contribution is 2.14. The molecule has 0 aliphatic rings. The highest BCUT2D eigenvalue weighted by Gasteiger charge is 2.06. The quantitative estimate of drug-likeness (QED) is 0.652. The fraction of sp³-hybridized carbons (Fsp3) is 0.333. The molecule has 0 aliphatic heterocycles. The molecule has 0 aromatic carbocycles. The molecule has 0 saturated heterocycles. The Balaban J connectivity index is 2.81. The number of pyridine rings is 1. The summed E-state index contributed by atoms with van der Waals surface area (Å²) in [5.74, 6) is 0. The van der Waals surface area contributed by atoms with Gasteiger partial charge in [0.2, 0.25) is 0 Å². The lowest BCUT2D eigenvalue weighted by molar-refractivity contribution is 0.111. The van der Waals surface area contributed by atoms with Gasteiger partial charge < -0.3 is 10.8 Å². The van der Waals surface area contributed by atoms with Crippen LogP contribution in [0.3, 0.4) is 0 Å². The number of carbonyl (C=O) groups excluding carboxylic acids is 1. The number of rotatable bonds is 4. The Morgan fingerprint density at radius 3 is 3.08 bits per heavy atom. The first-order valence-corrected chi connectivity index (χ1v) is 4.07. The van der Waals surface area contributed by atoms with Crippen LogP contribution in [0.1, 0.15) is 28.6 Å². The van der Waals surface area contributed by atoms with Gasteiger partial charge in [0.15, 0.2) is 6.29 Å². The van der Waals surface area contributed by atoms with Crippen LogP contribution < -0.4 is 5.73 Å². The molecule has 1 atom stereocenters. The largest absolute Gasteiger partial charge is 0.388 e. The van der Waals surface area contributed by atoms with Crippen LogP contribution in [0.5, 0.6) is 0 Å². The van der Waals surface area contributed by atoms with Gasteiger partial charge in [0.1, 0.15) is 5.69 Å². The van der Waals surface area contributed by atoms with Crippen LogP contribution in [0, 0.1) is 0 Å². The molecular formula is C9H12N2O2. The van der Waals surface area contributed by atoms with E-state index in [9.17, 15) is 9.90 Å². The fourth-order valence-corrected chi connectivity index (χ4v) is 1.06. The van der Waals surface area contributed by atoms with Crippen molar-refractivity contribution in [2.24, 2.45) is 5.73 Å². The van der Waals surface area contributed by atoms with Gasteiger partial charge in [0.05, 0.1) is 6.10 Å². The minimum absolute atomic E-state index is 0.327. The molecule has 0 spiro atoms. The second kappa shape index (κ2) is 4.69. The zero-order valence-electron chi connectivity index (χ0n) is 7.18. The van der Waals surface area contributed by atoms with E-state index in [1.807, 2.05) is 0 Å². The molecule has 4 heteroatoms. The second-order valence-electron chi connectivity index (χ2n) is 2.73. The summed E-state index contributed by atoms with van der Waals surface area (Å²) in [6.45, 7) is 0.417. The van der Waals surface area contributed by atoms with Crippen molar-refractivity contribution in [1.29, 1.82) is 0 Å². The average molecular weight is 180 g/mol. The number of hydrogen-bond donors (Lipinski definition) is 2. The summed E-state index contributed by atoms with van der Waals surface area (Å²) in [5, 5.41) is 9.52. The molecule has 0 fully saturated rings. The molecule has 0 aliphatic carbocycles. The van der Waals surface area contributed by atoms with E-state index in [4.69, 9.17) is 5.73 Å². The lowest BCUT2D eigenvalue weighted by Gasteiger charge is -2.08. The molecule has 0 saturated carbocycles. The van der Waals surface area contributed by atoms with Crippen molar-refractivity contribution in [3.8, 4) is 0 Å². The predicted molar refractivity (Wildman–Crippen MR) is 48.3 cm³/mol. The Labute approximate surface area is 76.4 Å². The summed E-state index contributed by atoms with van der Waals surface area (Å²) < 4.78 is 0. The molecule has 70 valence electrons. The van der Waals surface area contributed by atoms with Gasteiger partial charge in [-0.05, 0) is 30.7 Å². The smallest absolute Gasteiger partial charge is 0.168 e. The Morgan fingerprint density at radius 2 is 2.46 bits per heavy atom. The van der Waals surface area contributed by atoms with E-state index in [-0.39, 0.29) is 0 Å². The Kier molecular flexibility index (Phi) is 3.54. The molecule has 1 rings (SSSR count). The van der Waals surface area contributed by atoms with Crippen molar-refractivity contribution >= 4 is 6.29 Å². The molecule has 0 radical (unpaired) electrons. The van der Waals surface area contributed by atoms with Crippen LogP contribution in [0.25, 0.3) is 0 Å². The fourth-order valence-electron chi connectivity index (χ4n) is 1.06. The SMILES string of the molecule is NCCC(O)c1ccnc(C=O)c1. The van der Waals surface area contributed by atoms with Crippen molar-refractivity contribution in [2.45, 2.75) is 12.5 Å². The van der Waals surface area contributed by atoms with E-state index < -0.39 is 6.10 Å². The number of aromatic nitrogens is 1. The molecule has 1 aromatic rings. The monoisotopic (exact) mass is 180 g/mol. The Bertz CT molecular complexity index is 289. The van der Waals surface area contributed by atoms with Crippen molar-refractivity contribution in [2.75, 3.05) is 6.54 Å². The summed E-state index contributed by atoms with van der Waals surface area (Å²) in [4.78, 5) is 14.2. The molecule has 1 unspecified atom stereocenters. The molecule has 0 bridgehead atoms. The molecule has 1 aromatic heterocycles. The van der Waals surface area contributed by atoms with Gasteiger partial charge in [-0.3, -0.25) is 9.78 Å².